The second-order valence-electron chi connectivity index (χ2n) is 5.32. The number of amides is 1. The molecule has 2 aliphatic rings. The number of aliphatic hydroxyl groups excluding tert-OH is 1. The molecule has 1 aromatic heterocycles. The molecule has 1 amide bonds. The van der Waals surface area contributed by atoms with Gasteiger partial charge in [-0.1, -0.05) is 12.1 Å². The van der Waals surface area contributed by atoms with Crippen LogP contribution in [0.5, 0.6) is 0 Å². The van der Waals surface area contributed by atoms with Crippen molar-refractivity contribution >= 4 is 17.4 Å². The minimum atomic E-state index is -0.486. The molecule has 0 bridgehead atoms. The first kappa shape index (κ1) is 13.6. The molecule has 0 fully saturated rings. The Balaban J connectivity index is 0.000000636. The number of nitrogen functional groups attached to an aromatic ring is 1. The average molecular weight is 283 g/mol. The van der Waals surface area contributed by atoms with Crippen molar-refractivity contribution in [1.29, 1.82) is 0 Å². The Morgan fingerprint density at radius 2 is 2.00 bits per heavy atom. The SMILES string of the molecule is CO.Nc1ccc2c(c1)CC1(C2)C(=O)Nc2ncccc21. The van der Waals surface area contributed by atoms with Crippen LogP contribution in [0.4, 0.5) is 11.5 Å². The highest BCUT2D eigenvalue weighted by Crippen LogP contribution is 2.46. The van der Waals surface area contributed by atoms with Crippen molar-refractivity contribution in [3.63, 3.8) is 0 Å². The van der Waals surface area contributed by atoms with E-state index in [0.717, 1.165) is 24.8 Å². The van der Waals surface area contributed by atoms with Crippen LogP contribution in [0, 0.1) is 0 Å². The van der Waals surface area contributed by atoms with Crippen LogP contribution < -0.4 is 11.1 Å². The monoisotopic (exact) mass is 283 g/mol. The third-order valence-electron chi connectivity index (χ3n) is 4.20. The maximum Gasteiger partial charge on any atom is 0.237 e. The Morgan fingerprint density at radius 3 is 2.81 bits per heavy atom. The van der Waals surface area contributed by atoms with E-state index in [4.69, 9.17) is 10.8 Å². The number of anilines is 2. The van der Waals surface area contributed by atoms with Gasteiger partial charge in [-0.25, -0.2) is 4.98 Å². The van der Waals surface area contributed by atoms with E-state index < -0.39 is 5.41 Å². The lowest BCUT2D eigenvalue weighted by atomic mass is 9.79. The number of hydrogen-bond donors (Lipinski definition) is 3. The summed E-state index contributed by atoms with van der Waals surface area (Å²) in [4.78, 5) is 16.7. The molecule has 1 aromatic carbocycles. The molecule has 5 nitrogen and oxygen atoms in total. The zero-order valence-corrected chi connectivity index (χ0v) is 11.8. The van der Waals surface area contributed by atoms with Crippen LogP contribution in [0.3, 0.4) is 0 Å². The summed E-state index contributed by atoms with van der Waals surface area (Å²) in [5.74, 6) is 0.754. The summed E-state index contributed by atoms with van der Waals surface area (Å²) in [6, 6.07) is 9.79. The summed E-state index contributed by atoms with van der Waals surface area (Å²) < 4.78 is 0. The number of pyridine rings is 1. The summed E-state index contributed by atoms with van der Waals surface area (Å²) in [6.45, 7) is 0. The molecular formula is C16H17N3O2. The van der Waals surface area contributed by atoms with Crippen LogP contribution in [-0.4, -0.2) is 23.1 Å². The Bertz CT molecular complexity index is 714. The number of benzene rings is 1. The van der Waals surface area contributed by atoms with Crippen molar-refractivity contribution in [2.45, 2.75) is 18.3 Å². The molecule has 21 heavy (non-hydrogen) atoms. The van der Waals surface area contributed by atoms with E-state index in [-0.39, 0.29) is 5.91 Å². The molecule has 1 spiro atoms. The molecule has 1 aliphatic carbocycles. The summed E-state index contributed by atoms with van der Waals surface area (Å²) in [7, 11) is 1.00. The standard InChI is InChI=1S/C15H13N3O.CH4O/c16-11-4-3-9-7-15(8-10(9)6-11)12-2-1-5-17-13(12)18-14(15)19;1-2/h1-6H,7-8,16H2,(H,17,18,19);2H,1H3. The first-order valence-electron chi connectivity index (χ1n) is 6.78. The highest BCUT2D eigenvalue weighted by molar-refractivity contribution is 6.06. The Morgan fingerprint density at radius 1 is 1.24 bits per heavy atom. The number of nitrogens with zero attached hydrogens (tertiary/aromatic N) is 1. The van der Waals surface area contributed by atoms with Crippen LogP contribution in [0.15, 0.2) is 36.5 Å². The van der Waals surface area contributed by atoms with Crippen LogP contribution in [0.1, 0.15) is 16.7 Å². The number of rotatable bonds is 0. The predicted molar refractivity (Wildman–Crippen MR) is 80.9 cm³/mol. The number of fused-ring (bicyclic) bond motifs is 3. The van der Waals surface area contributed by atoms with Gasteiger partial charge in [-0.05, 0) is 42.2 Å². The van der Waals surface area contributed by atoms with Gasteiger partial charge in [0, 0.05) is 24.6 Å². The van der Waals surface area contributed by atoms with Gasteiger partial charge in [0.05, 0.1) is 5.41 Å². The molecule has 0 radical (unpaired) electrons. The summed E-state index contributed by atoms with van der Waals surface area (Å²) in [5, 5.41) is 9.90. The van der Waals surface area contributed by atoms with Crippen molar-refractivity contribution in [1.82, 2.24) is 4.98 Å². The van der Waals surface area contributed by atoms with Gasteiger partial charge in [-0.3, -0.25) is 4.79 Å². The topological polar surface area (TPSA) is 88.2 Å². The van der Waals surface area contributed by atoms with E-state index in [1.165, 1.54) is 11.1 Å². The van der Waals surface area contributed by atoms with Gasteiger partial charge in [-0.15, -0.1) is 0 Å². The fraction of sp³-hybridized carbons (Fsp3) is 0.250. The van der Waals surface area contributed by atoms with Crippen LogP contribution in [0.25, 0.3) is 0 Å². The number of aliphatic hydroxyl groups is 1. The highest BCUT2D eigenvalue weighted by Gasteiger charge is 2.50. The van der Waals surface area contributed by atoms with Crippen LogP contribution in [0.2, 0.25) is 0 Å². The molecule has 5 heteroatoms. The van der Waals surface area contributed by atoms with Gasteiger partial charge >= 0.3 is 0 Å². The molecular weight excluding hydrogens is 266 g/mol. The molecule has 1 aliphatic heterocycles. The number of hydrogen-bond acceptors (Lipinski definition) is 4. The third-order valence-corrected chi connectivity index (χ3v) is 4.20. The van der Waals surface area contributed by atoms with Crippen molar-refractivity contribution in [3.8, 4) is 0 Å². The lowest BCUT2D eigenvalue weighted by Crippen LogP contribution is -2.35. The van der Waals surface area contributed by atoms with Crippen molar-refractivity contribution in [2.75, 3.05) is 18.2 Å². The van der Waals surface area contributed by atoms with E-state index in [2.05, 4.69) is 10.3 Å². The van der Waals surface area contributed by atoms with Gasteiger partial charge in [-0.2, -0.15) is 0 Å². The molecule has 1 unspecified atom stereocenters. The zero-order chi connectivity index (χ0) is 15.0. The molecule has 2 heterocycles. The van der Waals surface area contributed by atoms with E-state index in [1.54, 1.807) is 6.20 Å². The zero-order valence-electron chi connectivity index (χ0n) is 11.8. The number of carbonyl (C=O) groups is 1. The van der Waals surface area contributed by atoms with Gasteiger partial charge in [0.2, 0.25) is 5.91 Å². The number of nitrogens with one attached hydrogen (secondary N) is 1. The fourth-order valence-electron chi connectivity index (χ4n) is 3.29. The molecule has 108 valence electrons. The molecule has 1 atom stereocenters. The third kappa shape index (κ3) is 1.89. The second-order valence-corrected chi connectivity index (χ2v) is 5.32. The van der Waals surface area contributed by atoms with Crippen LogP contribution >= 0.6 is 0 Å². The highest BCUT2D eigenvalue weighted by atomic mass is 16.2. The van der Waals surface area contributed by atoms with Gasteiger partial charge < -0.3 is 16.2 Å². The summed E-state index contributed by atoms with van der Waals surface area (Å²) in [5.41, 5.74) is 9.49. The Kier molecular flexibility index (Phi) is 3.14. The first-order chi connectivity index (χ1) is 10.2. The average Bonchev–Trinajstić information content (AvgIpc) is 3.01. The maximum atomic E-state index is 12.4. The minimum Gasteiger partial charge on any atom is -0.400 e. The summed E-state index contributed by atoms with van der Waals surface area (Å²) >= 11 is 0. The van der Waals surface area contributed by atoms with E-state index >= 15 is 0 Å². The smallest absolute Gasteiger partial charge is 0.237 e. The predicted octanol–water partition coefficient (Wildman–Crippen LogP) is 1.26. The van der Waals surface area contributed by atoms with Crippen LogP contribution in [-0.2, 0) is 23.1 Å². The minimum absolute atomic E-state index is 0.0518. The summed E-state index contributed by atoms with van der Waals surface area (Å²) in [6.07, 6.45) is 3.14. The quantitative estimate of drug-likeness (QED) is 0.635. The number of nitrogens with two attached hydrogens (primary N) is 1. The van der Waals surface area contributed by atoms with Gasteiger partial charge in [0.15, 0.2) is 0 Å². The molecule has 4 rings (SSSR count). The molecule has 0 saturated heterocycles. The lowest BCUT2D eigenvalue weighted by molar-refractivity contribution is -0.120. The largest absolute Gasteiger partial charge is 0.400 e. The number of carbonyl (C=O) groups excluding carboxylic acids is 1. The van der Waals surface area contributed by atoms with Gasteiger partial charge in [0.25, 0.3) is 0 Å². The van der Waals surface area contributed by atoms with E-state index in [9.17, 15) is 4.79 Å². The fourth-order valence-corrected chi connectivity index (χ4v) is 3.29. The second kappa shape index (κ2) is 4.86. The Hall–Kier alpha value is -2.40. The van der Waals surface area contributed by atoms with Crippen molar-refractivity contribution in [2.24, 2.45) is 0 Å². The normalized spacial score (nSPS) is 21.3. The van der Waals surface area contributed by atoms with Crippen molar-refractivity contribution < 1.29 is 9.90 Å². The lowest BCUT2D eigenvalue weighted by Gasteiger charge is -2.20. The first-order valence-corrected chi connectivity index (χ1v) is 6.78. The van der Waals surface area contributed by atoms with Crippen molar-refractivity contribution in [3.05, 3.63) is 53.2 Å². The molecule has 4 N–H and O–H groups in total. The molecule has 2 aromatic rings. The van der Waals surface area contributed by atoms with E-state index in [1.807, 2.05) is 30.3 Å². The van der Waals surface area contributed by atoms with Gasteiger partial charge in [0.1, 0.15) is 5.82 Å². The van der Waals surface area contributed by atoms with E-state index in [0.29, 0.717) is 12.2 Å². The maximum absolute atomic E-state index is 12.4. The number of aromatic nitrogens is 1. The molecule has 0 saturated carbocycles. The Labute approximate surface area is 122 Å².